The molecule has 4 rings (SSSR count). The minimum atomic E-state index is -0.279. The van der Waals surface area contributed by atoms with Gasteiger partial charge in [0.25, 0.3) is 0 Å². The molecule has 1 N–H and O–H groups in total. The summed E-state index contributed by atoms with van der Waals surface area (Å²) in [6.45, 7) is 2.73. The van der Waals surface area contributed by atoms with E-state index in [0.29, 0.717) is 17.9 Å². The number of aromatic amines is 1. The van der Waals surface area contributed by atoms with Crippen molar-refractivity contribution >= 4 is 5.82 Å². The SMILES string of the molecule is CCc1ncnc(N2CCCC2c2nc3c([nH]2)CCCC3)c1F. The van der Waals surface area contributed by atoms with E-state index in [2.05, 4.69) is 19.9 Å². The summed E-state index contributed by atoms with van der Waals surface area (Å²) in [5.41, 5.74) is 2.96. The summed E-state index contributed by atoms with van der Waals surface area (Å²) in [4.78, 5) is 18.6. The Balaban J connectivity index is 1.68. The van der Waals surface area contributed by atoms with Gasteiger partial charge in [-0.05, 0) is 44.9 Å². The van der Waals surface area contributed by atoms with Gasteiger partial charge in [-0.2, -0.15) is 0 Å². The summed E-state index contributed by atoms with van der Waals surface area (Å²) >= 11 is 0. The average Bonchev–Trinajstić information content (AvgIpc) is 3.21. The lowest BCUT2D eigenvalue weighted by atomic mass is 10.0. The highest BCUT2D eigenvalue weighted by molar-refractivity contribution is 5.44. The second kappa shape index (κ2) is 5.91. The Morgan fingerprint density at radius 2 is 2.13 bits per heavy atom. The maximum atomic E-state index is 14.6. The Kier molecular flexibility index (Phi) is 3.75. The van der Waals surface area contributed by atoms with Crippen LogP contribution in [0.5, 0.6) is 0 Å². The first-order valence-electron chi connectivity index (χ1n) is 8.61. The topological polar surface area (TPSA) is 57.7 Å². The standard InChI is InChI=1S/C17H22FN5/c1-2-11-15(18)17(20-10-19-11)23-9-5-8-14(23)16-21-12-6-3-4-7-13(12)22-16/h10,14H,2-9H2,1H3,(H,21,22). The van der Waals surface area contributed by atoms with Crippen LogP contribution < -0.4 is 4.90 Å². The van der Waals surface area contributed by atoms with Crippen LogP contribution >= 0.6 is 0 Å². The lowest BCUT2D eigenvalue weighted by Gasteiger charge is -2.24. The number of halogens is 1. The van der Waals surface area contributed by atoms with Crippen LogP contribution in [0, 0.1) is 5.82 Å². The summed E-state index contributed by atoms with van der Waals surface area (Å²) in [5.74, 6) is 1.12. The number of hydrogen-bond acceptors (Lipinski definition) is 4. The van der Waals surface area contributed by atoms with Crippen molar-refractivity contribution < 1.29 is 4.39 Å². The van der Waals surface area contributed by atoms with Crippen molar-refractivity contribution in [2.45, 2.75) is 57.9 Å². The van der Waals surface area contributed by atoms with E-state index in [4.69, 9.17) is 4.98 Å². The van der Waals surface area contributed by atoms with Crippen molar-refractivity contribution in [1.82, 2.24) is 19.9 Å². The normalized spacial score (nSPS) is 20.8. The number of nitrogens with zero attached hydrogens (tertiary/aromatic N) is 4. The number of hydrogen-bond donors (Lipinski definition) is 1. The molecule has 1 aliphatic heterocycles. The van der Waals surface area contributed by atoms with Gasteiger partial charge in [0.2, 0.25) is 0 Å². The van der Waals surface area contributed by atoms with Crippen molar-refractivity contribution in [2.24, 2.45) is 0 Å². The van der Waals surface area contributed by atoms with E-state index in [9.17, 15) is 4.39 Å². The van der Waals surface area contributed by atoms with Gasteiger partial charge in [-0.3, -0.25) is 0 Å². The molecule has 3 heterocycles. The minimum absolute atomic E-state index is 0.0923. The first-order valence-corrected chi connectivity index (χ1v) is 8.61. The number of anilines is 1. The van der Waals surface area contributed by atoms with E-state index in [1.165, 1.54) is 30.6 Å². The van der Waals surface area contributed by atoms with Gasteiger partial charge < -0.3 is 9.88 Å². The summed E-state index contributed by atoms with van der Waals surface area (Å²) in [6.07, 6.45) is 8.64. The molecule has 122 valence electrons. The Hall–Kier alpha value is -1.98. The van der Waals surface area contributed by atoms with Crippen LogP contribution in [-0.2, 0) is 19.3 Å². The quantitative estimate of drug-likeness (QED) is 0.945. The fourth-order valence-corrected chi connectivity index (χ4v) is 3.78. The van der Waals surface area contributed by atoms with E-state index in [1.54, 1.807) is 0 Å². The molecule has 1 saturated heterocycles. The Bertz CT molecular complexity index is 688. The molecule has 1 aliphatic carbocycles. The first kappa shape index (κ1) is 14.6. The summed E-state index contributed by atoms with van der Waals surface area (Å²) in [5, 5.41) is 0. The number of rotatable bonds is 3. The Labute approximate surface area is 135 Å². The van der Waals surface area contributed by atoms with Crippen molar-refractivity contribution in [2.75, 3.05) is 11.4 Å². The average molecular weight is 315 g/mol. The van der Waals surface area contributed by atoms with Gasteiger partial charge >= 0.3 is 0 Å². The summed E-state index contributed by atoms with van der Waals surface area (Å²) < 4.78 is 14.6. The van der Waals surface area contributed by atoms with Crippen LogP contribution in [0.15, 0.2) is 6.33 Å². The van der Waals surface area contributed by atoms with Gasteiger partial charge in [-0.1, -0.05) is 6.92 Å². The highest BCUT2D eigenvalue weighted by atomic mass is 19.1. The highest BCUT2D eigenvalue weighted by Gasteiger charge is 2.32. The predicted molar refractivity (Wildman–Crippen MR) is 85.9 cm³/mol. The molecule has 2 aliphatic rings. The molecule has 2 aromatic rings. The van der Waals surface area contributed by atoms with Crippen LogP contribution in [0.3, 0.4) is 0 Å². The van der Waals surface area contributed by atoms with Crippen molar-refractivity contribution in [3.05, 3.63) is 35.1 Å². The fourth-order valence-electron chi connectivity index (χ4n) is 3.78. The zero-order chi connectivity index (χ0) is 15.8. The lowest BCUT2D eigenvalue weighted by Crippen LogP contribution is -2.26. The van der Waals surface area contributed by atoms with Crippen molar-refractivity contribution in [3.63, 3.8) is 0 Å². The zero-order valence-electron chi connectivity index (χ0n) is 13.5. The fraction of sp³-hybridized carbons (Fsp3) is 0.588. The van der Waals surface area contributed by atoms with E-state index < -0.39 is 0 Å². The number of aryl methyl sites for hydroxylation is 3. The molecule has 5 nitrogen and oxygen atoms in total. The molecule has 0 amide bonds. The number of H-pyrrole nitrogens is 1. The number of nitrogens with one attached hydrogen (secondary N) is 1. The monoisotopic (exact) mass is 315 g/mol. The molecular formula is C17H22FN5. The van der Waals surface area contributed by atoms with E-state index in [1.807, 2.05) is 6.92 Å². The molecule has 0 bridgehead atoms. The Morgan fingerprint density at radius 3 is 2.96 bits per heavy atom. The van der Waals surface area contributed by atoms with Gasteiger partial charge in [-0.15, -0.1) is 0 Å². The largest absolute Gasteiger partial charge is 0.344 e. The zero-order valence-corrected chi connectivity index (χ0v) is 13.5. The molecule has 23 heavy (non-hydrogen) atoms. The molecule has 0 spiro atoms. The van der Waals surface area contributed by atoms with Gasteiger partial charge in [-0.25, -0.2) is 19.3 Å². The molecule has 1 unspecified atom stereocenters. The van der Waals surface area contributed by atoms with Crippen LogP contribution in [0.25, 0.3) is 0 Å². The Morgan fingerprint density at radius 1 is 1.26 bits per heavy atom. The smallest absolute Gasteiger partial charge is 0.187 e. The van der Waals surface area contributed by atoms with Crippen molar-refractivity contribution in [1.29, 1.82) is 0 Å². The molecule has 6 heteroatoms. The molecule has 2 aromatic heterocycles. The highest BCUT2D eigenvalue weighted by Crippen LogP contribution is 2.36. The summed E-state index contributed by atoms with van der Waals surface area (Å²) in [7, 11) is 0. The van der Waals surface area contributed by atoms with Crippen LogP contribution in [-0.4, -0.2) is 26.5 Å². The molecular weight excluding hydrogens is 293 g/mol. The molecule has 0 saturated carbocycles. The van der Waals surface area contributed by atoms with E-state index in [-0.39, 0.29) is 11.9 Å². The predicted octanol–water partition coefficient (Wildman–Crippen LogP) is 3.12. The van der Waals surface area contributed by atoms with Gasteiger partial charge in [0.15, 0.2) is 11.6 Å². The van der Waals surface area contributed by atoms with Gasteiger partial charge in [0.05, 0.1) is 17.4 Å². The van der Waals surface area contributed by atoms with Crippen LogP contribution in [0.4, 0.5) is 10.2 Å². The number of imidazole rings is 1. The van der Waals surface area contributed by atoms with Gasteiger partial charge in [0.1, 0.15) is 12.2 Å². The van der Waals surface area contributed by atoms with E-state index in [0.717, 1.165) is 38.1 Å². The van der Waals surface area contributed by atoms with Crippen molar-refractivity contribution in [3.8, 4) is 0 Å². The van der Waals surface area contributed by atoms with E-state index >= 15 is 0 Å². The maximum absolute atomic E-state index is 14.6. The maximum Gasteiger partial charge on any atom is 0.187 e. The van der Waals surface area contributed by atoms with Crippen LogP contribution in [0.2, 0.25) is 0 Å². The summed E-state index contributed by atoms with van der Waals surface area (Å²) in [6, 6.07) is 0.0923. The molecule has 1 atom stereocenters. The molecule has 0 aromatic carbocycles. The second-order valence-electron chi connectivity index (χ2n) is 6.42. The van der Waals surface area contributed by atoms with Crippen LogP contribution in [0.1, 0.15) is 61.6 Å². The first-order chi connectivity index (χ1) is 11.3. The molecule has 0 radical (unpaired) electrons. The third-order valence-electron chi connectivity index (χ3n) is 4.99. The second-order valence-corrected chi connectivity index (χ2v) is 6.42. The van der Waals surface area contributed by atoms with Gasteiger partial charge in [0, 0.05) is 12.2 Å². The molecule has 1 fully saturated rings. The third kappa shape index (κ3) is 2.50. The number of fused-ring (bicyclic) bond motifs is 1. The third-order valence-corrected chi connectivity index (χ3v) is 4.99. The lowest BCUT2D eigenvalue weighted by molar-refractivity contribution is 0.573. The number of aromatic nitrogens is 4. The minimum Gasteiger partial charge on any atom is -0.344 e.